The Hall–Kier alpha value is -2.14. The van der Waals surface area contributed by atoms with Crippen molar-refractivity contribution in [2.24, 2.45) is 0 Å². The maximum absolute atomic E-state index is 10.9. The Kier molecular flexibility index (Phi) is 4.30. The highest BCUT2D eigenvalue weighted by atomic mass is 16.4. The Labute approximate surface area is 111 Å². The van der Waals surface area contributed by atoms with E-state index < -0.39 is 5.97 Å². The summed E-state index contributed by atoms with van der Waals surface area (Å²) in [5.41, 5.74) is 2.98. The van der Waals surface area contributed by atoms with E-state index in [0.717, 1.165) is 16.8 Å². The Bertz CT molecular complexity index is 537. The summed E-state index contributed by atoms with van der Waals surface area (Å²) in [5.74, 6) is -0.851. The van der Waals surface area contributed by atoms with Crippen LogP contribution in [0.25, 0.3) is 0 Å². The SMILES string of the molecule is Cc1cccc(CN(CC(=O)O)Cc2cocn2)c1. The second kappa shape index (κ2) is 6.15. The lowest BCUT2D eigenvalue weighted by Gasteiger charge is -2.19. The first-order valence-corrected chi connectivity index (χ1v) is 6.00. The smallest absolute Gasteiger partial charge is 0.317 e. The molecule has 1 heterocycles. The molecule has 0 saturated heterocycles. The third-order valence-corrected chi connectivity index (χ3v) is 2.72. The number of nitrogens with zero attached hydrogens (tertiary/aromatic N) is 2. The van der Waals surface area contributed by atoms with Gasteiger partial charge in [0.05, 0.1) is 12.2 Å². The molecule has 5 heteroatoms. The fourth-order valence-electron chi connectivity index (χ4n) is 1.97. The minimum Gasteiger partial charge on any atom is -0.480 e. The first-order chi connectivity index (χ1) is 9.13. The molecule has 2 aromatic rings. The zero-order valence-electron chi connectivity index (χ0n) is 10.7. The zero-order valence-corrected chi connectivity index (χ0v) is 10.7. The molecule has 0 atom stereocenters. The molecule has 0 unspecified atom stereocenters. The molecular formula is C14H16N2O3. The number of carboxylic acids is 1. The molecule has 0 bridgehead atoms. The van der Waals surface area contributed by atoms with Gasteiger partial charge >= 0.3 is 5.97 Å². The molecule has 19 heavy (non-hydrogen) atoms. The predicted molar refractivity (Wildman–Crippen MR) is 69.4 cm³/mol. The lowest BCUT2D eigenvalue weighted by Crippen LogP contribution is -2.29. The second-order valence-corrected chi connectivity index (χ2v) is 4.51. The molecule has 1 aromatic carbocycles. The third-order valence-electron chi connectivity index (χ3n) is 2.72. The number of rotatable bonds is 6. The van der Waals surface area contributed by atoms with Crippen molar-refractivity contribution in [3.63, 3.8) is 0 Å². The fraction of sp³-hybridized carbons (Fsp3) is 0.286. The molecule has 100 valence electrons. The topological polar surface area (TPSA) is 66.6 Å². The van der Waals surface area contributed by atoms with Gasteiger partial charge in [-0.2, -0.15) is 0 Å². The van der Waals surface area contributed by atoms with Crippen molar-refractivity contribution >= 4 is 5.97 Å². The molecule has 1 N–H and O–H groups in total. The Morgan fingerprint density at radius 3 is 2.89 bits per heavy atom. The molecule has 0 amide bonds. The number of benzene rings is 1. The highest BCUT2D eigenvalue weighted by Crippen LogP contribution is 2.10. The monoisotopic (exact) mass is 260 g/mol. The van der Waals surface area contributed by atoms with E-state index in [0.29, 0.717) is 13.1 Å². The van der Waals surface area contributed by atoms with Crippen molar-refractivity contribution in [2.45, 2.75) is 20.0 Å². The van der Waals surface area contributed by atoms with E-state index in [-0.39, 0.29) is 6.54 Å². The molecule has 0 radical (unpaired) electrons. The lowest BCUT2D eigenvalue weighted by molar-refractivity contribution is -0.138. The highest BCUT2D eigenvalue weighted by molar-refractivity contribution is 5.69. The minimum atomic E-state index is -0.851. The molecular weight excluding hydrogens is 244 g/mol. The van der Waals surface area contributed by atoms with Crippen LogP contribution < -0.4 is 0 Å². The number of aliphatic carboxylic acids is 1. The van der Waals surface area contributed by atoms with E-state index in [1.165, 1.54) is 12.7 Å². The molecule has 0 aliphatic heterocycles. The second-order valence-electron chi connectivity index (χ2n) is 4.51. The van der Waals surface area contributed by atoms with Gasteiger partial charge in [0.2, 0.25) is 0 Å². The van der Waals surface area contributed by atoms with Gasteiger partial charge in [-0.1, -0.05) is 29.8 Å². The molecule has 2 rings (SSSR count). The van der Waals surface area contributed by atoms with E-state index in [1.807, 2.05) is 30.0 Å². The average Bonchev–Trinajstić information content (AvgIpc) is 2.80. The van der Waals surface area contributed by atoms with Crippen molar-refractivity contribution in [1.29, 1.82) is 0 Å². The molecule has 0 fully saturated rings. The van der Waals surface area contributed by atoms with Crippen LogP contribution in [0, 0.1) is 6.92 Å². The third kappa shape index (κ3) is 4.22. The summed E-state index contributed by atoms with van der Waals surface area (Å²) in [7, 11) is 0. The molecule has 0 aliphatic carbocycles. The number of carbonyl (C=O) groups is 1. The van der Waals surface area contributed by atoms with Gasteiger partial charge in [0.1, 0.15) is 6.26 Å². The number of aryl methyl sites for hydroxylation is 1. The Morgan fingerprint density at radius 1 is 1.42 bits per heavy atom. The number of aromatic nitrogens is 1. The number of oxazole rings is 1. The van der Waals surface area contributed by atoms with Gasteiger partial charge in [0, 0.05) is 13.1 Å². The molecule has 0 saturated carbocycles. The van der Waals surface area contributed by atoms with E-state index in [2.05, 4.69) is 11.1 Å². The number of carboxylic acid groups (broad SMARTS) is 1. The van der Waals surface area contributed by atoms with Gasteiger partial charge in [0.15, 0.2) is 6.39 Å². The summed E-state index contributed by atoms with van der Waals surface area (Å²) in [6.45, 7) is 3.01. The quantitative estimate of drug-likeness (QED) is 0.861. The van der Waals surface area contributed by atoms with Gasteiger partial charge in [-0.15, -0.1) is 0 Å². The molecule has 1 aromatic heterocycles. The standard InChI is InChI=1S/C14H16N2O3/c1-11-3-2-4-12(5-11)6-16(8-14(17)18)7-13-9-19-10-15-13/h2-5,9-10H,6-8H2,1H3,(H,17,18). The van der Waals surface area contributed by atoms with Crippen LogP contribution >= 0.6 is 0 Å². The van der Waals surface area contributed by atoms with Crippen molar-refractivity contribution in [3.8, 4) is 0 Å². The van der Waals surface area contributed by atoms with Crippen molar-refractivity contribution in [3.05, 3.63) is 53.7 Å². The largest absolute Gasteiger partial charge is 0.480 e. The van der Waals surface area contributed by atoms with Crippen LogP contribution in [0.15, 0.2) is 41.3 Å². The summed E-state index contributed by atoms with van der Waals surface area (Å²) in [5, 5.41) is 8.96. The average molecular weight is 260 g/mol. The fourth-order valence-corrected chi connectivity index (χ4v) is 1.97. The number of hydrogen-bond acceptors (Lipinski definition) is 4. The zero-order chi connectivity index (χ0) is 13.7. The van der Waals surface area contributed by atoms with Gasteiger partial charge in [0.25, 0.3) is 0 Å². The summed E-state index contributed by atoms with van der Waals surface area (Å²) >= 11 is 0. The Balaban J connectivity index is 2.07. The first-order valence-electron chi connectivity index (χ1n) is 6.00. The van der Waals surface area contributed by atoms with Crippen LogP contribution in [0.5, 0.6) is 0 Å². The molecule has 0 aliphatic rings. The van der Waals surface area contributed by atoms with E-state index in [9.17, 15) is 4.79 Å². The van der Waals surface area contributed by atoms with Crippen LogP contribution in [0.1, 0.15) is 16.8 Å². The van der Waals surface area contributed by atoms with Crippen LogP contribution in [0.3, 0.4) is 0 Å². The van der Waals surface area contributed by atoms with Gasteiger partial charge in [-0.05, 0) is 12.5 Å². The Morgan fingerprint density at radius 2 is 2.26 bits per heavy atom. The van der Waals surface area contributed by atoms with Gasteiger partial charge in [-0.3, -0.25) is 9.69 Å². The van der Waals surface area contributed by atoms with Crippen LogP contribution in [0.4, 0.5) is 0 Å². The van der Waals surface area contributed by atoms with Crippen molar-refractivity contribution in [2.75, 3.05) is 6.54 Å². The maximum atomic E-state index is 10.9. The van der Waals surface area contributed by atoms with Crippen LogP contribution in [-0.2, 0) is 17.9 Å². The number of hydrogen-bond donors (Lipinski definition) is 1. The summed E-state index contributed by atoms with van der Waals surface area (Å²) in [6.07, 6.45) is 2.88. The van der Waals surface area contributed by atoms with Crippen LogP contribution in [-0.4, -0.2) is 27.5 Å². The van der Waals surface area contributed by atoms with Crippen LogP contribution in [0.2, 0.25) is 0 Å². The minimum absolute atomic E-state index is 0.0270. The summed E-state index contributed by atoms with van der Waals surface area (Å²) in [4.78, 5) is 16.7. The van der Waals surface area contributed by atoms with Crippen molar-refractivity contribution < 1.29 is 14.3 Å². The highest BCUT2D eigenvalue weighted by Gasteiger charge is 2.12. The van der Waals surface area contributed by atoms with E-state index in [4.69, 9.17) is 9.52 Å². The predicted octanol–water partition coefficient (Wildman–Crippen LogP) is 2.07. The maximum Gasteiger partial charge on any atom is 0.317 e. The molecule has 0 spiro atoms. The van der Waals surface area contributed by atoms with E-state index in [1.54, 1.807) is 0 Å². The molecule has 5 nitrogen and oxygen atoms in total. The summed E-state index contributed by atoms with van der Waals surface area (Å²) < 4.78 is 4.90. The van der Waals surface area contributed by atoms with Gasteiger partial charge in [-0.25, -0.2) is 4.98 Å². The van der Waals surface area contributed by atoms with E-state index >= 15 is 0 Å². The lowest BCUT2D eigenvalue weighted by atomic mass is 10.1. The normalized spacial score (nSPS) is 10.8. The van der Waals surface area contributed by atoms with Gasteiger partial charge < -0.3 is 9.52 Å². The first kappa shape index (κ1) is 13.3. The summed E-state index contributed by atoms with van der Waals surface area (Å²) in [6, 6.07) is 8.03. The van der Waals surface area contributed by atoms with Crippen molar-refractivity contribution in [1.82, 2.24) is 9.88 Å².